The van der Waals surface area contributed by atoms with E-state index in [0.29, 0.717) is 5.39 Å². The Balaban J connectivity index is 2.95. The first-order valence-electron chi connectivity index (χ1n) is 3.97. The fraction of sp³-hybridized carbons (Fsp3) is 0.100. The molecular weight excluding hydrogens is 166 g/mol. The van der Waals surface area contributed by atoms with Crippen LogP contribution in [0.15, 0.2) is 33.5 Å². The Labute approximate surface area is 74.8 Å². The van der Waals surface area contributed by atoms with E-state index in [1.54, 1.807) is 12.1 Å². The molecule has 0 radical (unpaired) electrons. The zero-order chi connectivity index (χ0) is 9.42. The summed E-state index contributed by atoms with van der Waals surface area (Å²) in [5.74, 6) is 0.154. The molecule has 66 valence electrons. The van der Waals surface area contributed by atoms with E-state index in [4.69, 9.17) is 10.2 Å². The van der Waals surface area contributed by atoms with Crippen molar-refractivity contribution in [3.8, 4) is 0 Å². The van der Waals surface area contributed by atoms with E-state index in [0.717, 1.165) is 10.9 Å². The summed E-state index contributed by atoms with van der Waals surface area (Å²) >= 11 is 0. The van der Waals surface area contributed by atoms with Gasteiger partial charge in [-0.3, -0.25) is 0 Å². The summed E-state index contributed by atoms with van der Waals surface area (Å²) < 4.78 is 4.77. The van der Waals surface area contributed by atoms with Crippen LogP contribution in [0.2, 0.25) is 0 Å². The highest BCUT2D eigenvalue weighted by atomic mass is 16.4. The van der Waals surface area contributed by atoms with Crippen molar-refractivity contribution >= 4 is 16.7 Å². The number of hydrogen-bond donors (Lipinski definition) is 1. The summed E-state index contributed by atoms with van der Waals surface area (Å²) in [6.45, 7) is 1.93. The smallest absolute Gasteiger partial charge is 0.345 e. The lowest BCUT2D eigenvalue weighted by Gasteiger charge is -1.98. The second-order valence-corrected chi connectivity index (χ2v) is 3.03. The van der Waals surface area contributed by atoms with Crippen LogP contribution in [0.3, 0.4) is 0 Å². The molecule has 3 heteroatoms. The molecule has 2 N–H and O–H groups in total. The third kappa shape index (κ3) is 1.28. The molecule has 0 saturated heterocycles. The summed E-state index contributed by atoms with van der Waals surface area (Å²) in [5, 5.41) is 1.40. The van der Waals surface area contributed by atoms with E-state index < -0.39 is 0 Å². The van der Waals surface area contributed by atoms with E-state index in [-0.39, 0.29) is 11.5 Å². The Morgan fingerprint density at radius 1 is 1.31 bits per heavy atom. The molecule has 1 aromatic heterocycles. The van der Waals surface area contributed by atoms with Crippen LogP contribution in [-0.4, -0.2) is 0 Å². The Morgan fingerprint density at radius 2 is 2.08 bits per heavy atom. The van der Waals surface area contributed by atoms with Gasteiger partial charge in [0.05, 0.1) is 5.39 Å². The van der Waals surface area contributed by atoms with Crippen LogP contribution in [0.5, 0.6) is 0 Å². The van der Waals surface area contributed by atoms with Gasteiger partial charge >= 0.3 is 5.63 Å². The molecule has 0 bridgehead atoms. The molecule has 2 aromatic rings. The van der Waals surface area contributed by atoms with Crippen molar-refractivity contribution in [1.82, 2.24) is 0 Å². The third-order valence-electron chi connectivity index (χ3n) is 1.94. The minimum Gasteiger partial charge on any atom is -0.406 e. The summed E-state index contributed by atoms with van der Waals surface area (Å²) in [6, 6.07) is 7.23. The van der Waals surface area contributed by atoms with E-state index in [1.807, 2.05) is 19.1 Å². The van der Waals surface area contributed by atoms with Gasteiger partial charge in [0.15, 0.2) is 5.88 Å². The Morgan fingerprint density at radius 3 is 2.85 bits per heavy atom. The van der Waals surface area contributed by atoms with Crippen molar-refractivity contribution in [2.45, 2.75) is 6.92 Å². The Kier molecular flexibility index (Phi) is 1.59. The first kappa shape index (κ1) is 7.86. The molecule has 0 amide bonds. The Bertz CT molecular complexity index is 514. The molecule has 1 aromatic carbocycles. The van der Waals surface area contributed by atoms with Crippen LogP contribution in [0.4, 0.5) is 5.88 Å². The van der Waals surface area contributed by atoms with E-state index in [9.17, 15) is 4.79 Å². The zero-order valence-corrected chi connectivity index (χ0v) is 7.20. The molecule has 0 aliphatic carbocycles. The molecule has 1 heterocycles. The van der Waals surface area contributed by atoms with Crippen LogP contribution in [0.25, 0.3) is 10.8 Å². The molecular formula is C10H9NO2. The summed E-state index contributed by atoms with van der Waals surface area (Å²) in [6.07, 6.45) is 0. The molecule has 0 saturated carbocycles. The van der Waals surface area contributed by atoms with Gasteiger partial charge in [-0.2, -0.15) is 0 Å². The van der Waals surface area contributed by atoms with Crippen LogP contribution < -0.4 is 11.4 Å². The van der Waals surface area contributed by atoms with E-state index >= 15 is 0 Å². The molecule has 0 aliphatic rings. The average molecular weight is 175 g/mol. The SMILES string of the molecule is Cc1ccc2cc(N)oc(=O)c2c1. The highest BCUT2D eigenvalue weighted by molar-refractivity contribution is 5.83. The fourth-order valence-electron chi connectivity index (χ4n) is 1.32. The van der Waals surface area contributed by atoms with Crippen molar-refractivity contribution in [2.24, 2.45) is 0 Å². The maximum absolute atomic E-state index is 11.3. The van der Waals surface area contributed by atoms with Gasteiger partial charge in [-0.05, 0) is 18.4 Å². The zero-order valence-electron chi connectivity index (χ0n) is 7.20. The molecule has 0 aliphatic heterocycles. The van der Waals surface area contributed by atoms with Crippen LogP contribution in [-0.2, 0) is 0 Å². The number of hydrogen-bond acceptors (Lipinski definition) is 3. The van der Waals surface area contributed by atoms with Gasteiger partial charge in [0.25, 0.3) is 0 Å². The topological polar surface area (TPSA) is 56.2 Å². The van der Waals surface area contributed by atoms with Crippen molar-refractivity contribution in [3.05, 3.63) is 40.2 Å². The molecule has 3 nitrogen and oxygen atoms in total. The van der Waals surface area contributed by atoms with Crippen LogP contribution in [0, 0.1) is 6.92 Å². The highest BCUT2D eigenvalue weighted by Gasteiger charge is 2.01. The van der Waals surface area contributed by atoms with Crippen molar-refractivity contribution in [2.75, 3.05) is 5.73 Å². The predicted octanol–water partition coefficient (Wildman–Crippen LogP) is 1.68. The molecule has 13 heavy (non-hydrogen) atoms. The standard InChI is InChI=1S/C10H9NO2/c1-6-2-3-7-5-9(11)13-10(12)8(7)4-6/h2-5H,11H2,1H3. The predicted molar refractivity (Wildman–Crippen MR) is 51.6 cm³/mol. The first-order valence-corrected chi connectivity index (χ1v) is 3.97. The quantitative estimate of drug-likeness (QED) is 0.662. The minimum atomic E-state index is -0.376. The van der Waals surface area contributed by atoms with Gasteiger partial charge < -0.3 is 10.2 Å². The monoisotopic (exact) mass is 175 g/mol. The summed E-state index contributed by atoms with van der Waals surface area (Å²) in [4.78, 5) is 11.3. The molecule has 0 unspecified atom stereocenters. The van der Waals surface area contributed by atoms with Crippen molar-refractivity contribution in [3.63, 3.8) is 0 Å². The van der Waals surface area contributed by atoms with Gasteiger partial charge in [0.2, 0.25) is 0 Å². The average Bonchev–Trinajstić information content (AvgIpc) is 2.06. The van der Waals surface area contributed by atoms with E-state index in [1.165, 1.54) is 0 Å². The Hall–Kier alpha value is -1.77. The lowest BCUT2D eigenvalue weighted by molar-refractivity contribution is 0.540. The van der Waals surface area contributed by atoms with Crippen LogP contribution in [0.1, 0.15) is 5.56 Å². The number of nitrogens with two attached hydrogens (primary N) is 1. The van der Waals surface area contributed by atoms with Gasteiger partial charge in [0, 0.05) is 6.07 Å². The van der Waals surface area contributed by atoms with Gasteiger partial charge in [-0.1, -0.05) is 17.7 Å². The number of anilines is 1. The number of aryl methyl sites for hydroxylation is 1. The largest absolute Gasteiger partial charge is 0.406 e. The maximum atomic E-state index is 11.3. The second kappa shape index (κ2) is 2.62. The maximum Gasteiger partial charge on any atom is 0.345 e. The lowest BCUT2D eigenvalue weighted by Crippen LogP contribution is -2.01. The second-order valence-electron chi connectivity index (χ2n) is 3.03. The summed E-state index contributed by atoms with van der Waals surface area (Å²) in [5.41, 5.74) is 6.05. The fourth-order valence-corrected chi connectivity index (χ4v) is 1.32. The van der Waals surface area contributed by atoms with E-state index in [2.05, 4.69) is 0 Å². The van der Waals surface area contributed by atoms with Crippen molar-refractivity contribution < 1.29 is 4.42 Å². The molecule has 2 rings (SSSR count). The van der Waals surface area contributed by atoms with Crippen molar-refractivity contribution in [1.29, 1.82) is 0 Å². The normalized spacial score (nSPS) is 10.5. The van der Waals surface area contributed by atoms with Gasteiger partial charge in [0.1, 0.15) is 0 Å². The highest BCUT2D eigenvalue weighted by Crippen LogP contribution is 2.14. The molecule has 0 atom stereocenters. The van der Waals surface area contributed by atoms with Gasteiger partial charge in [-0.15, -0.1) is 0 Å². The summed E-state index contributed by atoms with van der Waals surface area (Å²) in [7, 11) is 0. The molecule has 0 spiro atoms. The number of rotatable bonds is 0. The van der Waals surface area contributed by atoms with Crippen LogP contribution >= 0.6 is 0 Å². The first-order chi connectivity index (χ1) is 6.16. The number of fused-ring (bicyclic) bond motifs is 1. The lowest BCUT2D eigenvalue weighted by atomic mass is 10.1. The van der Waals surface area contributed by atoms with Gasteiger partial charge in [-0.25, -0.2) is 4.79 Å². The minimum absolute atomic E-state index is 0.154. The third-order valence-corrected chi connectivity index (χ3v) is 1.94. The number of nitrogen functional groups attached to an aromatic ring is 1. The molecule has 0 fully saturated rings. The number of benzene rings is 1.